The van der Waals surface area contributed by atoms with Crippen LogP contribution in [0.5, 0.6) is 11.5 Å². The summed E-state index contributed by atoms with van der Waals surface area (Å²) in [6, 6.07) is 8.63. The number of unbranched alkanes of at least 4 members (excludes halogenated alkanes) is 1. The summed E-state index contributed by atoms with van der Waals surface area (Å²) >= 11 is 6.83. The SMILES string of the molecule is CCCCc1nc2ccc(Br)cc2c(=O)n1N=Cc1cc(OC)c(OCC(=O)O)cc1Br. The number of benzene rings is 2. The minimum Gasteiger partial charge on any atom is -0.493 e. The molecule has 0 aliphatic rings. The van der Waals surface area contributed by atoms with Crippen LogP contribution in [0.2, 0.25) is 0 Å². The summed E-state index contributed by atoms with van der Waals surface area (Å²) in [6.45, 7) is 1.58. The second-order valence-electron chi connectivity index (χ2n) is 6.86. The van der Waals surface area contributed by atoms with Crippen molar-refractivity contribution >= 4 is 54.9 Å². The van der Waals surface area contributed by atoms with Crippen LogP contribution in [0.25, 0.3) is 10.9 Å². The van der Waals surface area contributed by atoms with E-state index in [4.69, 9.17) is 14.6 Å². The van der Waals surface area contributed by atoms with Gasteiger partial charge in [-0.15, -0.1) is 0 Å². The molecule has 8 nitrogen and oxygen atoms in total. The molecule has 0 aliphatic heterocycles. The van der Waals surface area contributed by atoms with Crippen molar-refractivity contribution in [2.45, 2.75) is 26.2 Å². The third-order valence-corrected chi connectivity index (χ3v) is 5.76. The first-order chi connectivity index (χ1) is 15.3. The van der Waals surface area contributed by atoms with Crippen LogP contribution >= 0.6 is 31.9 Å². The lowest BCUT2D eigenvalue weighted by atomic mass is 10.2. The van der Waals surface area contributed by atoms with Crippen molar-refractivity contribution in [3.05, 3.63) is 61.0 Å². The molecule has 0 spiro atoms. The van der Waals surface area contributed by atoms with Gasteiger partial charge in [0.1, 0.15) is 5.82 Å². The van der Waals surface area contributed by atoms with Crippen molar-refractivity contribution in [2.75, 3.05) is 13.7 Å². The number of rotatable bonds is 9. The number of halogens is 2. The second kappa shape index (κ2) is 10.7. The second-order valence-corrected chi connectivity index (χ2v) is 8.63. The van der Waals surface area contributed by atoms with Crippen molar-refractivity contribution < 1.29 is 19.4 Å². The molecule has 1 aromatic heterocycles. The van der Waals surface area contributed by atoms with E-state index in [2.05, 4.69) is 48.9 Å². The van der Waals surface area contributed by atoms with Gasteiger partial charge in [0.05, 0.1) is 24.2 Å². The maximum atomic E-state index is 13.2. The van der Waals surface area contributed by atoms with Gasteiger partial charge in [-0.05, 0) is 52.7 Å². The molecular weight excluding hydrogens is 546 g/mol. The molecule has 1 heterocycles. The van der Waals surface area contributed by atoms with Crippen LogP contribution in [0.3, 0.4) is 0 Å². The van der Waals surface area contributed by atoms with Crippen LogP contribution in [0, 0.1) is 0 Å². The summed E-state index contributed by atoms with van der Waals surface area (Å²) in [7, 11) is 1.45. The zero-order valence-corrected chi connectivity index (χ0v) is 20.6. The van der Waals surface area contributed by atoms with E-state index in [-0.39, 0.29) is 11.3 Å². The Kier molecular flexibility index (Phi) is 8.03. The Labute approximate surface area is 201 Å². The molecule has 32 heavy (non-hydrogen) atoms. The quantitative estimate of drug-likeness (QED) is 0.379. The first-order valence-corrected chi connectivity index (χ1v) is 11.4. The first kappa shape index (κ1) is 23.9. The molecule has 0 radical (unpaired) electrons. The third kappa shape index (κ3) is 5.55. The number of hydrogen-bond donors (Lipinski definition) is 1. The van der Waals surface area contributed by atoms with Crippen LogP contribution in [0.4, 0.5) is 0 Å². The molecule has 0 bridgehead atoms. The average molecular weight is 567 g/mol. The highest BCUT2D eigenvalue weighted by Crippen LogP contribution is 2.33. The number of carbonyl (C=O) groups is 1. The van der Waals surface area contributed by atoms with Crippen LogP contribution in [-0.4, -0.2) is 40.7 Å². The highest BCUT2D eigenvalue weighted by molar-refractivity contribution is 9.10. The van der Waals surface area contributed by atoms with Crippen LogP contribution in [0.1, 0.15) is 31.2 Å². The molecule has 3 aromatic rings. The number of ether oxygens (including phenoxy) is 2. The number of fused-ring (bicyclic) bond motifs is 1. The molecule has 1 N–H and O–H groups in total. The van der Waals surface area contributed by atoms with Crippen molar-refractivity contribution in [1.29, 1.82) is 0 Å². The van der Waals surface area contributed by atoms with E-state index in [1.165, 1.54) is 18.0 Å². The Morgan fingerprint density at radius 3 is 2.72 bits per heavy atom. The van der Waals surface area contributed by atoms with Gasteiger partial charge in [-0.2, -0.15) is 9.78 Å². The van der Waals surface area contributed by atoms with Gasteiger partial charge in [-0.3, -0.25) is 4.79 Å². The average Bonchev–Trinajstić information content (AvgIpc) is 2.77. The lowest BCUT2D eigenvalue weighted by Crippen LogP contribution is -2.22. The normalized spacial score (nSPS) is 11.2. The monoisotopic (exact) mass is 565 g/mol. The van der Waals surface area contributed by atoms with Gasteiger partial charge in [-0.1, -0.05) is 29.3 Å². The standard InChI is InChI=1S/C22H21Br2N3O5/c1-3-4-5-20-26-17-7-6-14(23)9-15(17)22(30)27(20)25-11-13-8-18(31-2)19(10-16(13)24)32-12-21(28)29/h6-11H,3-5,12H2,1-2H3,(H,28,29). The Morgan fingerprint density at radius 2 is 2.03 bits per heavy atom. The topological polar surface area (TPSA) is 103 Å². The minimum absolute atomic E-state index is 0.261. The Bertz CT molecular complexity index is 1240. The molecule has 10 heteroatoms. The highest BCUT2D eigenvalue weighted by atomic mass is 79.9. The fourth-order valence-corrected chi connectivity index (χ4v) is 3.78. The molecule has 3 rings (SSSR count). The maximum absolute atomic E-state index is 13.2. The molecular formula is C22H21Br2N3O5. The van der Waals surface area contributed by atoms with Crippen LogP contribution in [-0.2, 0) is 11.2 Å². The number of hydrogen-bond acceptors (Lipinski definition) is 6. The maximum Gasteiger partial charge on any atom is 0.341 e. The van der Waals surface area contributed by atoms with E-state index in [0.29, 0.717) is 38.9 Å². The Hall–Kier alpha value is -2.72. The van der Waals surface area contributed by atoms with Crippen molar-refractivity contribution in [1.82, 2.24) is 9.66 Å². The molecule has 2 aromatic carbocycles. The summed E-state index contributed by atoms with van der Waals surface area (Å²) in [5, 5.41) is 13.7. The minimum atomic E-state index is -1.09. The smallest absolute Gasteiger partial charge is 0.341 e. The molecule has 0 amide bonds. The van der Waals surface area contributed by atoms with Gasteiger partial charge in [0.25, 0.3) is 5.56 Å². The number of aryl methyl sites for hydroxylation is 1. The fourth-order valence-electron chi connectivity index (χ4n) is 2.99. The number of nitrogens with zero attached hydrogens (tertiary/aromatic N) is 3. The number of carboxylic acid groups (broad SMARTS) is 1. The summed E-state index contributed by atoms with van der Waals surface area (Å²) in [6.07, 6.45) is 3.97. The predicted octanol–water partition coefficient (Wildman–Crippen LogP) is 4.62. The summed E-state index contributed by atoms with van der Waals surface area (Å²) < 4.78 is 13.3. The molecule has 0 atom stereocenters. The van der Waals surface area contributed by atoms with Gasteiger partial charge in [0, 0.05) is 20.9 Å². The van der Waals surface area contributed by atoms with Gasteiger partial charge < -0.3 is 14.6 Å². The van der Waals surface area contributed by atoms with Crippen LogP contribution < -0.4 is 15.0 Å². The molecule has 0 saturated heterocycles. The predicted molar refractivity (Wildman–Crippen MR) is 129 cm³/mol. The number of carboxylic acids is 1. The largest absolute Gasteiger partial charge is 0.493 e. The lowest BCUT2D eigenvalue weighted by Gasteiger charge is -2.12. The van der Waals surface area contributed by atoms with E-state index in [0.717, 1.165) is 17.3 Å². The van der Waals surface area contributed by atoms with E-state index >= 15 is 0 Å². The van der Waals surface area contributed by atoms with Gasteiger partial charge >= 0.3 is 5.97 Å². The summed E-state index contributed by atoms with van der Waals surface area (Å²) in [5.74, 6) is 0.0997. The van der Waals surface area contributed by atoms with E-state index in [9.17, 15) is 9.59 Å². The molecule has 0 fully saturated rings. The Balaban J connectivity index is 2.06. The molecule has 168 valence electrons. The lowest BCUT2D eigenvalue weighted by molar-refractivity contribution is -0.139. The van der Waals surface area contributed by atoms with E-state index < -0.39 is 12.6 Å². The van der Waals surface area contributed by atoms with E-state index in [1.54, 1.807) is 18.2 Å². The molecule has 0 aliphatic carbocycles. The number of methoxy groups -OCH3 is 1. The number of aromatic nitrogens is 2. The molecule has 0 saturated carbocycles. The third-order valence-electron chi connectivity index (χ3n) is 4.58. The van der Waals surface area contributed by atoms with Crippen LogP contribution in [0.15, 0.2) is 49.2 Å². The Morgan fingerprint density at radius 1 is 1.25 bits per heavy atom. The highest BCUT2D eigenvalue weighted by Gasteiger charge is 2.13. The molecule has 0 unspecified atom stereocenters. The van der Waals surface area contributed by atoms with Gasteiger partial charge in [0.2, 0.25) is 0 Å². The fraction of sp³-hybridized carbons (Fsp3) is 0.273. The van der Waals surface area contributed by atoms with E-state index in [1.807, 2.05) is 12.1 Å². The van der Waals surface area contributed by atoms with Crippen molar-refractivity contribution in [3.63, 3.8) is 0 Å². The zero-order valence-electron chi connectivity index (χ0n) is 17.5. The summed E-state index contributed by atoms with van der Waals surface area (Å²) in [5.41, 5.74) is 0.980. The van der Waals surface area contributed by atoms with Crippen molar-refractivity contribution in [2.24, 2.45) is 5.10 Å². The number of aliphatic carboxylic acids is 1. The zero-order chi connectivity index (χ0) is 23.3. The van der Waals surface area contributed by atoms with Gasteiger partial charge in [0.15, 0.2) is 18.1 Å². The first-order valence-electron chi connectivity index (χ1n) is 9.81. The summed E-state index contributed by atoms with van der Waals surface area (Å²) in [4.78, 5) is 28.6. The van der Waals surface area contributed by atoms with Gasteiger partial charge in [-0.25, -0.2) is 9.78 Å². The van der Waals surface area contributed by atoms with Crippen molar-refractivity contribution in [3.8, 4) is 11.5 Å².